The Morgan fingerprint density at radius 2 is 2.04 bits per heavy atom. The van der Waals surface area contributed by atoms with Gasteiger partial charge in [-0.1, -0.05) is 12.1 Å². The lowest BCUT2D eigenvalue weighted by atomic mass is 10.1. The van der Waals surface area contributed by atoms with Crippen molar-refractivity contribution in [3.05, 3.63) is 70.2 Å². The summed E-state index contributed by atoms with van der Waals surface area (Å²) in [7, 11) is 1.63. The van der Waals surface area contributed by atoms with E-state index in [0.717, 1.165) is 28.2 Å². The van der Waals surface area contributed by atoms with Crippen LogP contribution < -0.4 is 15.8 Å². The van der Waals surface area contributed by atoms with Crippen LogP contribution in [-0.2, 0) is 0 Å². The Balaban J connectivity index is 1.53. The average molecular weight is 411 g/mol. The van der Waals surface area contributed by atoms with Crippen molar-refractivity contribution in [1.29, 1.82) is 0 Å². The number of anilines is 2. The molecule has 2 aromatic carbocycles. The second-order valence-corrected chi connectivity index (χ2v) is 7.48. The van der Waals surface area contributed by atoms with Crippen LogP contribution in [0.2, 0.25) is 0 Å². The molecule has 4 aromatic rings. The zero-order valence-electron chi connectivity index (χ0n) is 15.0. The van der Waals surface area contributed by atoms with Gasteiger partial charge in [-0.05, 0) is 29.8 Å². The molecular weight excluding hydrogens is 392 g/mol. The van der Waals surface area contributed by atoms with Gasteiger partial charge >= 0.3 is 0 Å². The van der Waals surface area contributed by atoms with Crippen molar-refractivity contribution in [2.45, 2.75) is 5.25 Å². The van der Waals surface area contributed by atoms with E-state index in [1.165, 1.54) is 11.3 Å². The molecule has 8 heteroatoms. The van der Waals surface area contributed by atoms with Gasteiger partial charge in [0.15, 0.2) is 0 Å². The Bertz CT molecular complexity index is 1130. The monoisotopic (exact) mass is 410 g/mol. The number of carbonyl (C=O) groups is 1. The molecule has 0 aliphatic rings. The Morgan fingerprint density at radius 3 is 2.71 bits per heavy atom. The van der Waals surface area contributed by atoms with Crippen LogP contribution >= 0.6 is 24.0 Å². The summed E-state index contributed by atoms with van der Waals surface area (Å²) in [6.07, 6.45) is 0. The highest BCUT2D eigenvalue weighted by Gasteiger charge is 2.16. The van der Waals surface area contributed by atoms with E-state index in [4.69, 9.17) is 23.1 Å². The minimum Gasteiger partial charge on any atom is -0.497 e. The van der Waals surface area contributed by atoms with Crippen LogP contribution in [-0.4, -0.2) is 23.0 Å². The Kier molecular flexibility index (Phi) is 4.97. The predicted molar refractivity (Wildman–Crippen MR) is 117 cm³/mol. The quantitative estimate of drug-likeness (QED) is 0.365. The van der Waals surface area contributed by atoms with Crippen LogP contribution in [0.4, 0.5) is 11.4 Å². The van der Waals surface area contributed by atoms with E-state index in [2.05, 4.69) is 15.3 Å². The summed E-state index contributed by atoms with van der Waals surface area (Å²) in [6.45, 7) is 0. The minimum atomic E-state index is -0.247. The molecule has 1 atom stereocenters. The van der Waals surface area contributed by atoms with Gasteiger partial charge in [-0.3, -0.25) is 4.79 Å². The lowest BCUT2D eigenvalue weighted by molar-refractivity contribution is 0.102. The van der Waals surface area contributed by atoms with Crippen molar-refractivity contribution in [3.63, 3.8) is 0 Å². The molecule has 0 radical (unpaired) electrons. The number of ether oxygens (including phenoxy) is 1. The largest absolute Gasteiger partial charge is 0.497 e. The predicted octanol–water partition coefficient (Wildman–Crippen LogP) is 4.49. The van der Waals surface area contributed by atoms with Crippen LogP contribution in [0.15, 0.2) is 53.2 Å². The van der Waals surface area contributed by atoms with Crippen LogP contribution in [0.25, 0.3) is 11.0 Å². The van der Waals surface area contributed by atoms with E-state index in [-0.39, 0.29) is 11.2 Å². The molecule has 28 heavy (non-hydrogen) atoms. The molecule has 0 aliphatic carbocycles. The molecule has 0 bridgehead atoms. The molecule has 6 nitrogen and oxygen atoms in total. The topological polar surface area (TPSA) is 93.0 Å². The number of hydrogen-bond donors (Lipinski definition) is 4. The smallest absolute Gasteiger partial charge is 0.255 e. The molecular formula is C20H18N4O2S2. The highest BCUT2D eigenvalue weighted by atomic mass is 32.1. The van der Waals surface area contributed by atoms with Gasteiger partial charge in [0.1, 0.15) is 11.6 Å². The number of nitrogens with one attached hydrogen (secondary N) is 2. The molecule has 2 heterocycles. The van der Waals surface area contributed by atoms with Gasteiger partial charge < -0.3 is 20.8 Å². The molecule has 4 rings (SSSR count). The van der Waals surface area contributed by atoms with Gasteiger partial charge in [-0.15, -0.1) is 11.3 Å². The number of rotatable bonds is 5. The second kappa shape index (κ2) is 7.57. The van der Waals surface area contributed by atoms with Crippen molar-refractivity contribution in [2.75, 3.05) is 18.2 Å². The van der Waals surface area contributed by atoms with Crippen LogP contribution in [0.5, 0.6) is 5.75 Å². The Morgan fingerprint density at radius 1 is 1.25 bits per heavy atom. The molecule has 1 amide bonds. The molecule has 0 saturated heterocycles. The number of nitrogens with zero attached hydrogens (tertiary/aromatic N) is 1. The van der Waals surface area contributed by atoms with E-state index in [1.807, 2.05) is 35.7 Å². The maximum absolute atomic E-state index is 12.4. The number of methoxy groups -OCH3 is 1. The highest BCUT2D eigenvalue weighted by Crippen LogP contribution is 2.29. The Labute approximate surface area is 171 Å². The number of H-pyrrole nitrogens is 1. The molecule has 4 N–H and O–H groups in total. The third-order valence-electron chi connectivity index (χ3n) is 4.40. The van der Waals surface area contributed by atoms with Crippen molar-refractivity contribution in [3.8, 4) is 5.75 Å². The molecule has 0 saturated carbocycles. The highest BCUT2D eigenvalue weighted by molar-refractivity contribution is 7.80. The lowest BCUT2D eigenvalue weighted by Crippen LogP contribution is -2.12. The van der Waals surface area contributed by atoms with Gasteiger partial charge in [0.2, 0.25) is 0 Å². The van der Waals surface area contributed by atoms with Gasteiger partial charge in [-0.2, -0.15) is 12.6 Å². The normalized spacial score (nSPS) is 12.1. The van der Waals surface area contributed by atoms with E-state index >= 15 is 0 Å². The summed E-state index contributed by atoms with van der Waals surface area (Å²) >= 11 is 6.14. The number of carbonyl (C=O) groups excluding carboxylic acids is 1. The number of thiol groups is 1. The molecule has 0 aliphatic heterocycles. The fraction of sp³-hybridized carbons (Fsp3) is 0.100. The van der Waals surface area contributed by atoms with Crippen LogP contribution in [0.1, 0.15) is 27.0 Å². The van der Waals surface area contributed by atoms with Gasteiger partial charge in [0.05, 0.1) is 34.8 Å². The van der Waals surface area contributed by atoms with E-state index in [9.17, 15) is 4.79 Å². The van der Waals surface area contributed by atoms with Crippen molar-refractivity contribution < 1.29 is 9.53 Å². The summed E-state index contributed by atoms with van der Waals surface area (Å²) in [5, 5.41) is 6.16. The van der Waals surface area contributed by atoms with E-state index in [0.29, 0.717) is 16.9 Å². The van der Waals surface area contributed by atoms with Crippen molar-refractivity contribution in [1.82, 2.24) is 9.97 Å². The van der Waals surface area contributed by atoms with Gasteiger partial charge in [-0.25, -0.2) is 4.98 Å². The summed E-state index contributed by atoms with van der Waals surface area (Å²) in [5.41, 5.74) is 10.2. The number of amides is 1. The first-order valence-corrected chi connectivity index (χ1v) is 9.96. The molecule has 142 valence electrons. The number of benzene rings is 2. The number of hydrogen-bond acceptors (Lipinski definition) is 6. The van der Waals surface area contributed by atoms with E-state index in [1.54, 1.807) is 24.6 Å². The molecule has 0 spiro atoms. The first-order valence-electron chi connectivity index (χ1n) is 8.50. The standard InChI is InChI=1S/C20H18N4O2S2/c1-26-13-6-7-15-16(8-13)23-19(22-15)18(27)11-2-4-12(5-3-11)20(25)24-17-10-28-9-14(17)21/h2-10,18,27H,21H2,1H3,(H,22,23)(H,24,25). The number of imidazole rings is 1. The Hall–Kier alpha value is -2.97. The summed E-state index contributed by atoms with van der Waals surface area (Å²) < 4.78 is 5.24. The number of aromatic amines is 1. The minimum absolute atomic E-state index is 0.205. The summed E-state index contributed by atoms with van der Waals surface area (Å²) in [6, 6.07) is 13.0. The SMILES string of the molecule is COc1ccc2[nH]c(C(S)c3ccc(C(=O)Nc4cscc4N)cc3)nc2c1. The zero-order chi connectivity index (χ0) is 19.7. The fourth-order valence-corrected chi connectivity index (χ4v) is 3.81. The maximum atomic E-state index is 12.4. The average Bonchev–Trinajstić information content (AvgIpc) is 3.33. The number of aromatic nitrogens is 2. The number of nitrogen functional groups attached to an aromatic ring is 1. The van der Waals surface area contributed by atoms with Gasteiger partial charge in [0.25, 0.3) is 5.91 Å². The van der Waals surface area contributed by atoms with E-state index < -0.39 is 0 Å². The number of nitrogens with two attached hydrogens (primary N) is 1. The van der Waals surface area contributed by atoms with Crippen molar-refractivity contribution in [2.24, 2.45) is 0 Å². The lowest BCUT2D eigenvalue weighted by Gasteiger charge is -2.10. The summed E-state index contributed by atoms with van der Waals surface area (Å²) in [4.78, 5) is 20.3. The molecule has 0 fully saturated rings. The first-order chi connectivity index (χ1) is 13.5. The van der Waals surface area contributed by atoms with Crippen LogP contribution in [0.3, 0.4) is 0 Å². The molecule has 2 aromatic heterocycles. The third-order valence-corrected chi connectivity index (χ3v) is 5.70. The summed E-state index contributed by atoms with van der Waals surface area (Å²) in [5.74, 6) is 1.28. The zero-order valence-corrected chi connectivity index (χ0v) is 16.7. The molecule has 1 unspecified atom stereocenters. The fourth-order valence-electron chi connectivity index (χ4n) is 2.84. The third kappa shape index (κ3) is 3.56. The maximum Gasteiger partial charge on any atom is 0.255 e. The second-order valence-electron chi connectivity index (χ2n) is 6.22. The number of thiophene rings is 1. The number of fused-ring (bicyclic) bond motifs is 1. The van der Waals surface area contributed by atoms with Crippen LogP contribution in [0, 0.1) is 0 Å². The van der Waals surface area contributed by atoms with Gasteiger partial charge in [0, 0.05) is 22.4 Å². The first kappa shape index (κ1) is 18.4. The van der Waals surface area contributed by atoms with Crippen molar-refractivity contribution >= 4 is 52.3 Å².